The fourth-order valence-electron chi connectivity index (χ4n) is 3.80. The van der Waals surface area contributed by atoms with Gasteiger partial charge in [-0.2, -0.15) is 5.10 Å². The van der Waals surface area contributed by atoms with Gasteiger partial charge in [0.15, 0.2) is 11.6 Å². The van der Waals surface area contributed by atoms with Crippen LogP contribution in [-0.4, -0.2) is 39.0 Å². The maximum atomic E-state index is 12.7. The number of hydrogen-bond acceptors (Lipinski definition) is 5. The molecule has 0 saturated carbocycles. The summed E-state index contributed by atoms with van der Waals surface area (Å²) in [6.45, 7) is 5.96. The molecule has 1 aromatic carbocycles. The molecule has 3 aromatic rings. The molecular formula is C22H25ClN6O. The Balaban J connectivity index is 1.37. The molecule has 0 bridgehead atoms. The second-order valence-corrected chi connectivity index (χ2v) is 8.15. The summed E-state index contributed by atoms with van der Waals surface area (Å²) in [4.78, 5) is 14.8. The highest BCUT2D eigenvalue weighted by molar-refractivity contribution is 6.30. The molecule has 0 radical (unpaired) electrons. The van der Waals surface area contributed by atoms with E-state index in [2.05, 4.69) is 25.5 Å². The Morgan fingerprint density at radius 3 is 2.53 bits per heavy atom. The third kappa shape index (κ3) is 4.62. The van der Waals surface area contributed by atoms with Crippen molar-refractivity contribution in [2.45, 2.75) is 33.2 Å². The zero-order valence-corrected chi connectivity index (χ0v) is 17.9. The molecule has 4 rings (SSSR count). The first-order valence-corrected chi connectivity index (χ1v) is 10.5. The predicted octanol–water partition coefficient (Wildman–Crippen LogP) is 3.47. The Hall–Kier alpha value is -2.93. The zero-order valence-electron chi connectivity index (χ0n) is 17.2. The van der Waals surface area contributed by atoms with E-state index >= 15 is 0 Å². The number of carbonyl (C=O) groups excluding carboxylic acids is 1. The van der Waals surface area contributed by atoms with Crippen LogP contribution in [-0.2, 0) is 11.3 Å². The van der Waals surface area contributed by atoms with Crippen molar-refractivity contribution in [3.8, 4) is 5.82 Å². The number of hydrogen-bond donors (Lipinski definition) is 1. The minimum Gasteiger partial charge on any atom is -0.354 e. The highest BCUT2D eigenvalue weighted by atomic mass is 35.5. The smallest absolute Gasteiger partial charge is 0.225 e. The van der Waals surface area contributed by atoms with E-state index in [4.69, 9.17) is 11.6 Å². The lowest BCUT2D eigenvalue weighted by molar-refractivity contribution is -0.125. The molecule has 0 aliphatic carbocycles. The molecule has 1 aliphatic heterocycles. The zero-order chi connectivity index (χ0) is 21.1. The summed E-state index contributed by atoms with van der Waals surface area (Å²) >= 11 is 5.91. The minimum absolute atomic E-state index is 0.0662. The van der Waals surface area contributed by atoms with Crippen LogP contribution >= 0.6 is 11.6 Å². The quantitative estimate of drug-likeness (QED) is 0.678. The molecule has 156 valence electrons. The lowest BCUT2D eigenvalue weighted by Crippen LogP contribution is -2.43. The highest BCUT2D eigenvalue weighted by Crippen LogP contribution is 2.22. The number of halogens is 1. The van der Waals surface area contributed by atoms with E-state index in [-0.39, 0.29) is 11.8 Å². The van der Waals surface area contributed by atoms with Crippen LogP contribution in [0.5, 0.6) is 0 Å². The van der Waals surface area contributed by atoms with E-state index < -0.39 is 0 Å². The summed E-state index contributed by atoms with van der Waals surface area (Å²) < 4.78 is 1.79. The fourth-order valence-corrected chi connectivity index (χ4v) is 3.92. The van der Waals surface area contributed by atoms with Crippen LogP contribution in [0, 0.1) is 19.8 Å². The van der Waals surface area contributed by atoms with Gasteiger partial charge < -0.3 is 10.2 Å². The van der Waals surface area contributed by atoms with Crippen molar-refractivity contribution < 1.29 is 4.79 Å². The van der Waals surface area contributed by atoms with Gasteiger partial charge in [-0.15, -0.1) is 10.2 Å². The SMILES string of the molecule is Cc1cc(C)n(-c2ccc(N3CCCC(C(=O)NCc4ccc(Cl)cc4)C3)nn2)n1. The molecule has 1 fully saturated rings. The van der Waals surface area contributed by atoms with Gasteiger partial charge in [0.1, 0.15) is 0 Å². The van der Waals surface area contributed by atoms with Gasteiger partial charge in [0, 0.05) is 30.4 Å². The van der Waals surface area contributed by atoms with Crippen LogP contribution in [0.2, 0.25) is 5.02 Å². The van der Waals surface area contributed by atoms with Gasteiger partial charge in [0.05, 0.1) is 11.6 Å². The van der Waals surface area contributed by atoms with Crippen molar-refractivity contribution in [2.75, 3.05) is 18.0 Å². The van der Waals surface area contributed by atoms with E-state index in [1.165, 1.54) is 0 Å². The Kier molecular flexibility index (Phi) is 5.99. The number of aryl methyl sites for hydroxylation is 2. The second-order valence-electron chi connectivity index (χ2n) is 7.72. The van der Waals surface area contributed by atoms with Crippen molar-refractivity contribution in [1.82, 2.24) is 25.3 Å². The third-order valence-corrected chi connectivity index (χ3v) is 5.61. The van der Waals surface area contributed by atoms with Gasteiger partial charge in [-0.3, -0.25) is 4.79 Å². The first kappa shape index (κ1) is 20.3. The Morgan fingerprint density at radius 1 is 1.13 bits per heavy atom. The molecule has 1 unspecified atom stereocenters. The van der Waals surface area contributed by atoms with Crippen LogP contribution in [0.3, 0.4) is 0 Å². The number of anilines is 1. The lowest BCUT2D eigenvalue weighted by atomic mass is 9.97. The van der Waals surface area contributed by atoms with Gasteiger partial charge in [-0.1, -0.05) is 23.7 Å². The number of rotatable bonds is 5. The number of benzene rings is 1. The molecule has 0 spiro atoms. The molecule has 1 amide bonds. The summed E-state index contributed by atoms with van der Waals surface area (Å²) in [5, 5.41) is 16.9. The van der Waals surface area contributed by atoms with E-state index in [0.717, 1.165) is 42.2 Å². The number of nitrogens with one attached hydrogen (secondary N) is 1. The number of aromatic nitrogens is 4. The topological polar surface area (TPSA) is 75.9 Å². The average molecular weight is 425 g/mol. The fraction of sp³-hybridized carbons (Fsp3) is 0.364. The van der Waals surface area contributed by atoms with Gasteiger partial charge in [0.25, 0.3) is 0 Å². The van der Waals surface area contributed by atoms with Crippen LogP contribution in [0.4, 0.5) is 5.82 Å². The van der Waals surface area contributed by atoms with Crippen molar-refractivity contribution in [3.05, 3.63) is 64.4 Å². The van der Waals surface area contributed by atoms with E-state index in [1.54, 1.807) is 4.68 Å². The highest BCUT2D eigenvalue weighted by Gasteiger charge is 2.26. The second kappa shape index (κ2) is 8.83. The summed E-state index contributed by atoms with van der Waals surface area (Å²) in [7, 11) is 0. The molecule has 8 heteroatoms. The molecule has 1 aliphatic rings. The summed E-state index contributed by atoms with van der Waals surface area (Å²) in [5.74, 6) is 1.49. The molecule has 1 saturated heterocycles. The Bertz CT molecular complexity index is 1020. The van der Waals surface area contributed by atoms with E-state index in [1.807, 2.05) is 56.3 Å². The van der Waals surface area contributed by atoms with Crippen molar-refractivity contribution in [3.63, 3.8) is 0 Å². The molecule has 30 heavy (non-hydrogen) atoms. The van der Waals surface area contributed by atoms with E-state index in [0.29, 0.717) is 23.9 Å². The molecule has 1 N–H and O–H groups in total. The largest absolute Gasteiger partial charge is 0.354 e. The third-order valence-electron chi connectivity index (χ3n) is 5.36. The average Bonchev–Trinajstić information content (AvgIpc) is 3.11. The van der Waals surface area contributed by atoms with Gasteiger partial charge >= 0.3 is 0 Å². The van der Waals surface area contributed by atoms with Crippen molar-refractivity contribution in [2.24, 2.45) is 5.92 Å². The minimum atomic E-state index is -0.0662. The van der Waals surface area contributed by atoms with E-state index in [9.17, 15) is 4.79 Å². The lowest BCUT2D eigenvalue weighted by Gasteiger charge is -2.32. The number of piperidine rings is 1. The first-order valence-electron chi connectivity index (χ1n) is 10.1. The molecule has 7 nitrogen and oxygen atoms in total. The summed E-state index contributed by atoms with van der Waals surface area (Å²) in [6.07, 6.45) is 1.82. The van der Waals surface area contributed by atoms with Crippen molar-refractivity contribution >= 4 is 23.3 Å². The molecule has 1 atom stereocenters. The molecule has 3 heterocycles. The van der Waals surface area contributed by atoms with Crippen LogP contribution in [0.15, 0.2) is 42.5 Å². The normalized spacial score (nSPS) is 16.5. The van der Waals surface area contributed by atoms with Crippen LogP contribution in [0.25, 0.3) is 5.82 Å². The standard InChI is InChI=1S/C22H25ClN6O/c1-15-12-16(2)29(27-15)21-10-9-20(25-26-21)28-11-3-4-18(14-28)22(30)24-13-17-5-7-19(23)8-6-17/h5-10,12,18H,3-4,11,13-14H2,1-2H3,(H,24,30). The maximum Gasteiger partial charge on any atom is 0.225 e. The number of amides is 1. The van der Waals surface area contributed by atoms with Gasteiger partial charge in [-0.05, 0) is 62.6 Å². The summed E-state index contributed by atoms with van der Waals surface area (Å²) in [6, 6.07) is 13.4. The first-order chi connectivity index (χ1) is 14.5. The van der Waals surface area contributed by atoms with Gasteiger partial charge in [-0.25, -0.2) is 4.68 Å². The monoisotopic (exact) mass is 424 g/mol. The number of carbonyl (C=O) groups is 1. The molecule has 2 aromatic heterocycles. The maximum absolute atomic E-state index is 12.7. The Morgan fingerprint density at radius 2 is 1.87 bits per heavy atom. The Labute approximate surface area is 181 Å². The van der Waals surface area contributed by atoms with Crippen molar-refractivity contribution in [1.29, 1.82) is 0 Å². The van der Waals surface area contributed by atoms with Crippen LogP contribution < -0.4 is 10.2 Å². The predicted molar refractivity (Wildman–Crippen MR) is 117 cm³/mol. The number of nitrogens with zero attached hydrogens (tertiary/aromatic N) is 5. The van der Waals surface area contributed by atoms with Gasteiger partial charge in [0.2, 0.25) is 5.91 Å². The molecular weight excluding hydrogens is 400 g/mol. The van der Waals surface area contributed by atoms with Crippen LogP contribution in [0.1, 0.15) is 29.8 Å². The summed E-state index contributed by atoms with van der Waals surface area (Å²) in [5.41, 5.74) is 3.00.